The Morgan fingerprint density at radius 2 is 2.00 bits per heavy atom. The summed E-state index contributed by atoms with van der Waals surface area (Å²) in [6.45, 7) is 4.11. The molecule has 0 fully saturated rings. The molecule has 0 bridgehead atoms. The third kappa shape index (κ3) is 3.72. The van der Waals surface area contributed by atoms with Gasteiger partial charge in [0.05, 0.1) is 6.61 Å². The number of aryl methyl sites for hydroxylation is 1. The number of hydrogen-bond donors (Lipinski definition) is 2. The zero-order valence-corrected chi connectivity index (χ0v) is 12.8. The van der Waals surface area contributed by atoms with Crippen LogP contribution in [0.3, 0.4) is 0 Å². The molecule has 2 aromatic rings. The van der Waals surface area contributed by atoms with Gasteiger partial charge in [0.1, 0.15) is 11.1 Å². The highest BCUT2D eigenvalue weighted by Crippen LogP contribution is 2.18. The molecule has 0 atom stereocenters. The Morgan fingerprint density at radius 1 is 1.23 bits per heavy atom. The number of hydrogen-bond acceptors (Lipinski definition) is 5. The molecule has 22 heavy (non-hydrogen) atoms. The van der Waals surface area contributed by atoms with E-state index in [1.165, 1.54) is 0 Å². The molecule has 0 saturated carbocycles. The van der Waals surface area contributed by atoms with Crippen LogP contribution in [0.2, 0.25) is 0 Å². The van der Waals surface area contributed by atoms with Gasteiger partial charge >= 0.3 is 5.63 Å². The van der Waals surface area contributed by atoms with E-state index >= 15 is 0 Å². The predicted molar refractivity (Wildman–Crippen MR) is 84.3 cm³/mol. The molecule has 2 rings (SSSR count). The first-order valence-electron chi connectivity index (χ1n) is 7.15. The van der Waals surface area contributed by atoms with Crippen LogP contribution in [0.1, 0.15) is 15.9 Å². The van der Waals surface area contributed by atoms with E-state index in [0.29, 0.717) is 37.4 Å². The van der Waals surface area contributed by atoms with Gasteiger partial charge in [-0.15, -0.1) is 0 Å². The van der Waals surface area contributed by atoms with Crippen molar-refractivity contribution in [3.8, 4) is 0 Å². The van der Waals surface area contributed by atoms with Crippen molar-refractivity contribution < 1.29 is 13.9 Å². The summed E-state index contributed by atoms with van der Waals surface area (Å²) in [4.78, 5) is 24.2. The second-order valence-corrected chi connectivity index (χ2v) is 4.88. The van der Waals surface area contributed by atoms with E-state index < -0.39 is 11.5 Å². The zero-order valence-electron chi connectivity index (χ0n) is 12.8. The molecule has 0 aliphatic rings. The Kier molecular flexibility index (Phi) is 5.68. The van der Waals surface area contributed by atoms with Crippen LogP contribution in [-0.4, -0.2) is 39.3 Å². The van der Waals surface area contributed by atoms with E-state index in [0.717, 1.165) is 5.39 Å². The van der Waals surface area contributed by atoms with Gasteiger partial charge in [-0.2, -0.15) is 0 Å². The third-order valence-corrected chi connectivity index (χ3v) is 3.37. The number of rotatable bonds is 7. The fraction of sp³-hybridized carbons (Fsp3) is 0.375. The molecule has 6 nitrogen and oxygen atoms in total. The lowest BCUT2D eigenvalue weighted by atomic mass is 10.1. The van der Waals surface area contributed by atoms with Crippen LogP contribution >= 0.6 is 0 Å². The maximum atomic E-state index is 12.2. The maximum Gasteiger partial charge on any atom is 0.349 e. The molecule has 6 heteroatoms. The zero-order chi connectivity index (χ0) is 15.9. The van der Waals surface area contributed by atoms with Gasteiger partial charge in [0.15, 0.2) is 0 Å². The molecule has 118 valence electrons. The Labute approximate surface area is 128 Å². The van der Waals surface area contributed by atoms with Gasteiger partial charge in [-0.05, 0) is 18.6 Å². The Bertz CT molecular complexity index is 709. The van der Waals surface area contributed by atoms with Gasteiger partial charge in [-0.3, -0.25) is 4.79 Å². The summed E-state index contributed by atoms with van der Waals surface area (Å²) in [5, 5.41) is 6.60. The van der Waals surface area contributed by atoms with Crippen LogP contribution in [0.25, 0.3) is 11.0 Å². The van der Waals surface area contributed by atoms with Crippen molar-refractivity contribution in [1.82, 2.24) is 10.6 Å². The summed E-state index contributed by atoms with van der Waals surface area (Å²) < 4.78 is 10.1. The van der Waals surface area contributed by atoms with Gasteiger partial charge in [0, 0.05) is 32.1 Å². The molecule has 1 aromatic carbocycles. The predicted octanol–water partition coefficient (Wildman–Crippen LogP) is 1.07. The molecule has 1 amide bonds. The second-order valence-electron chi connectivity index (χ2n) is 4.88. The minimum atomic E-state index is -0.610. The Morgan fingerprint density at radius 3 is 2.77 bits per heavy atom. The van der Waals surface area contributed by atoms with E-state index in [1.807, 2.05) is 12.1 Å². The van der Waals surface area contributed by atoms with Crippen LogP contribution < -0.4 is 16.3 Å². The molecule has 0 aliphatic carbocycles. The van der Waals surface area contributed by atoms with Crippen LogP contribution in [0.4, 0.5) is 0 Å². The Hall–Kier alpha value is -2.18. The summed E-state index contributed by atoms with van der Waals surface area (Å²) in [6, 6.07) is 7.18. The number of ether oxygens (including phenoxy) is 1. The van der Waals surface area contributed by atoms with Crippen molar-refractivity contribution in [2.75, 3.05) is 33.4 Å². The van der Waals surface area contributed by atoms with Crippen molar-refractivity contribution in [3.05, 3.63) is 45.8 Å². The number of methoxy groups -OCH3 is 1. The van der Waals surface area contributed by atoms with Crippen LogP contribution in [-0.2, 0) is 4.74 Å². The van der Waals surface area contributed by atoms with Crippen molar-refractivity contribution in [2.45, 2.75) is 6.92 Å². The normalized spacial score (nSPS) is 10.8. The summed E-state index contributed by atoms with van der Waals surface area (Å²) in [7, 11) is 1.63. The van der Waals surface area contributed by atoms with Crippen LogP contribution in [0.15, 0.2) is 33.5 Å². The van der Waals surface area contributed by atoms with Crippen LogP contribution in [0, 0.1) is 6.92 Å². The van der Waals surface area contributed by atoms with E-state index in [-0.39, 0.29) is 5.56 Å². The summed E-state index contributed by atoms with van der Waals surface area (Å²) in [5.74, 6) is -0.412. The third-order valence-electron chi connectivity index (χ3n) is 3.37. The van der Waals surface area contributed by atoms with Gasteiger partial charge in [-0.25, -0.2) is 4.79 Å². The number of carbonyl (C=O) groups is 1. The highest BCUT2D eigenvalue weighted by molar-refractivity contribution is 5.99. The van der Waals surface area contributed by atoms with E-state index in [4.69, 9.17) is 9.15 Å². The monoisotopic (exact) mass is 304 g/mol. The lowest BCUT2D eigenvalue weighted by molar-refractivity contribution is 0.0949. The van der Waals surface area contributed by atoms with Crippen LogP contribution in [0.5, 0.6) is 0 Å². The molecule has 1 heterocycles. The average molecular weight is 304 g/mol. The van der Waals surface area contributed by atoms with Crippen molar-refractivity contribution in [3.63, 3.8) is 0 Å². The molecule has 0 saturated heterocycles. The number of carbonyl (C=O) groups excluding carboxylic acids is 1. The van der Waals surface area contributed by atoms with Crippen molar-refractivity contribution in [2.24, 2.45) is 0 Å². The fourth-order valence-electron chi connectivity index (χ4n) is 2.22. The number of benzene rings is 1. The second kappa shape index (κ2) is 7.72. The molecular formula is C16H20N2O4. The topological polar surface area (TPSA) is 80.6 Å². The van der Waals surface area contributed by atoms with Gasteiger partial charge < -0.3 is 19.8 Å². The highest BCUT2D eigenvalue weighted by atomic mass is 16.5. The average Bonchev–Trinajstić information content (AvgIpc) is 2.51. The molecule has 2 N–H and O–H groups in total. The molecular weight excluding hydrogens is 284 g/mol. The van der Waals surface area contributed by atoms with Gasteiger partial charge in [0.2, 0.25) is 0 Å². The molecule has 0 unspecified atom stereocenters. The van der Waals surface area contributed by atoms with Crippen molar-refractivity contribution in [1.29, 1.82) is 0 Å². The number of para-hydroxylation sites is 1. The number of nitrogens with one attached hydrogen (secondary N) is 2. The van der Waals surface area contributed by atoms with E-state index in [1.54, 1.807) is 26.2 Å². The van der Waals surface area contributed by atoms with Gasteiger partial charge in [0.25, 0.3) is 5.91 Å². The lowest BCUT2D eigenvalue weighted by Crippen LogP contribution is -2.35. The number of amides is 1. The van der Waals surface area contributed by atoms with Crippen molar-refractivity contribution >= 4 is 16.9 Å². The van der Waals surface area contributed by atoms with E-state index in [2.05, 4.69) is 10.6 Å². The Balaban J connectivity index is 2.07. The molecule has 0 spiro atoms. The summed E-state index contributed by atoms with van der Waals surface area (Å²) >= 11 is 0. The fourth-order valence-corrected chi connectivity index (χ4v) is 2.22. The summed E-state index contributed by atoms with van der Waals surface area (Å²) in [5.41, 5.74) is 0.580. The van der Waals surface area contributed by atoms with E-state index in [9.17, 15) is 9.59 Å². The highest BCUT2D eigenvalue weighted by Gasteiger charge is 2.17. The first kappa shape index (κ1) is 16.2. The molecule has 0 aliphatic heterocycles. The minimum Gasteiger partial charge on any atom is -0.422 e. The largest absolute Gasteiger partial charge is 0.422 e. The SMILES string of the molecule is COCCNCCNC(=O)c1c(C)c2ccccc2oc1=O. The number of fused-ring (bicyclic) bond motifs is 1. The molecule has 1 aromatic heterocycles. The summed E-state index contributed by atoms with van der Waals surface area (Å²) in [6.07, 6.45) is 0. The minimum absolute atomic E-state index is 0.0654. The lowest BCUT2D eigenvalue weighted by Gasteiger charge is -2.09. The maximum absolute atomic E-state index is 12.2. The quantitative estimate of drug-likeness (QED) is 0.591. The first-order valence-corrected chi connectivity index (χ1v) is 7.15. The van der Waals surface area contributed by atoms with Gasteiger partial charge in [-0.1, -0.05) is 18.2 Å². The molecule has 0 radical (unpaired) electrons. The first-order chi connectivity index (χ1) is 10.6. The standard InChI is InChI=1S/C16H20N2O4/c1-11-12-5-3-4-6-13(12)22-16(20)14(11)15(19)18-8-7-17-9-10-21-2/h3-6,17H,7-10H2,1-2H3,(H,18,19). The smallest absolute Gasteiger partial charge is 0.349 e.